The molecule has 204 valence electrons. The van der Waals surface area contributed by atoms with Crippen molar-refractivity contribution in [3.05, 3.63) is 69.9 Å². The van der Waals surface area contributed by atoms with Crippen molar-refractivity contribution in [2.24, 2.45) is 4.99 Å². The third kappa shape index (κ3) is 5.26. The van der Waals surface area contributed by atoms with Crippen molar-refractivity contribution in [1.29, 1.82) is 0 Å². The minimum atomic E-state index is -0.635. The Morgan fingerprint density at radius 1 is 1.13 bits per heavy atom. The molecule has 11 heteroatoms. The first-order valence-electron chi connectivity index (χ1n) is 12.4. The second-order valence-electron chi connectivity index (χ2n) is 8.86. The van der Waals surface area contributed by atoms with Gasteiger partial charge in [0.1, 0.15) is 11.5 Å². The van der Waals surface area contributed by atoms with E-state index < -0.39 is 12.0 Å². The van der Waals surface area contributed by atoms with Gasteiger partial charge in [-0.2, -0.15) is 0 Å². The summed E-state index contributed by atoms with van der Waals surface area (Å²) in [6, 6.07) is 10.4. The minimum Gasteiger partial charge on any atom is -0.497 e. The van der Waals surface area contributed by atoms with Crippen LogP contribution in [0.4, 0.5) is 0 Å². The number of aliphatic imine (C=N–C) groups is 1. The zero-order chi connectivity index (χ0) is 27.5. The van der Waals surface area contributed by atoms with E-state index in [4.69, 9.17) is 23.7 Å². The van der Waals surface area contributed by atoms with Gasteiger partial charge in [-0.3, -0.25) is 4.79 Å². The van der Waals surface area contributed by atoms with E-state index in [2.05, 4.69) is 10.3 Å². The molecule has 0 fully saturated rings. The van der Waals surface area contributed by atoms with Crippen LogP contribution in [0.25, 0.3) is 0 Å². The molecule has 0 radical (unpaired) electrons. The number of fused-ring (bicyclic) bond motifs is 2. The van der Waals surface area contributed by atoms with Crippen molar-refractivity contribution >= 4 is 28.8 Å². The van der Waals surface area contributed by atoms with E-state index in [1.165, 1.54) is 11.8 Å². The zero-order valence-electron chi connectivity index (χ0n) is 22.1. The van der Waals surface area contributed by atoms with Crippen LogP contribution in [0, 0.1) is 0 Å². The second-order valence-corrected chi connectivity index (χ2v) is 9.70. The summed E-state index contributed by atoms with van der Waals surface area (Å²) in [6.07, 6.45) is 0.0779. The number of amidine groups is 1. The highest BCUT2D eigenvalue weighted by Crippen LogP contribution is 2.47. The molecule has 0 saturated carbocycles. The third-order valence-electron chi connectivity index (χ3n) is 6.50. The number of nitrogens with one attached hydrogen (secondary N) is 1. The summed E-state index contributed by atoms with van der Waals surface area (Å²) in [4.78, 5) is 32.9. The van der Waals surface area contributed by atoms with Crippen molar-refractivity contribution in [3.63, 3.8) is 0 Å². The predicted molar refractivity (Wildman–Crippen MR) is 146 cm³/mol. The van der Waals surface area contributed by atoms with Gasteiger partial charge in [0.2, 0.25) is 12.7 Å². The highest BCUT2D eigenvalue weighted by molar-refractivity contribution is 8.16. The molecule has 0 spiro atoms. The first-order valence-corrected chi connectivity index (χ1v) is 13.3. The van der Waals surface area contributed by atoms with Gasteiger partial charge in [0.25, 0.3) is 0 Å². The molecule has 0 aliphatic carbocycles. The fourth-order valence-corrected chi connectivity index (χ4v) is 5.63. The maximum absolute atomic E-state index is 13.2. The number of esters is 1. The number of amides is 1. The lowest BCUT2D eigenvalue weighted by Gasteiger charge is -2.36. The van der Waals surface area contributed by atoms with Crippen LogP contribution >= 0.6 is 11.8 Å². The van der Waals surface area contributed by atoms with Crippen LogP contribution in [-0.2, 0) is 20.9 Å². The molecule has 1 unspecified atom stereocenters. The molecule has 2 aromatic carbocycles. The van der Waals surface area contributed by atoms with E-state index in [1.807, 2.05) is 34.6 Å². The normalized spacial score (nSPS) is 17.3. The third-order valence-corrected chi connectivity index (χ3v) is 7.38. The fraction of sp³-hybridized carbons (Fsp3) is 0.321. The average molecular weight is 552 g/mol. The molecule has 39 heavy (non-hydrogen) atoms. The van der Waals surface area contributed by atoms with E-state index in [0.717, 1.165) is 5.56 Å². The maximum atomic E-state index is 13.2. The maximum Gasteiger partial charge on any atom is 0.338 e. The van der Waals surface area contributed by atoms with Gasteiger partial charge in [-0.1, -0.05) is 17.8 Å². The molecule has 3 aliphatic rings. The van der Waals surface area contributed by atoms with Gasteiger partial charge in [0.15, 0.2) is 16.7 Å². The Balaban J connectivity index is 1.42. The van der Waals surface area contributed by atoms with Crippen molar-refractivity contribution in [1.82, 2.24) is 10.2 Å². The summed E-state index contributed by atoms with van der Waals surface area (Å²) < 4.78 is 27.4. The van der Waals surface area contributed by atoms with Crippen LogP contribution in [-0.4, -0.2) is 49.6 Å². The smallest absolute Gasteiger partial charge is 0.338 e. The lowest BCUT2D eigenvalue weighted by Crippen LogP contribution is -2.38. The molecular formula is C28H29N3O7S. The minimum absolute atomic E-state index is 0.0779. The number of nitrogens with zero attached hydrogens (tertiary/aromatic N) is 2. The Bertz CT molecular complexity index is 1400. The number of thioether (sulfide) groups is 1. The van der Waals surface area contributed by atoms with Crippen molar-refractivity contribution in [3.8, 4) is 23.0 Å². The largest absolute Gasteiger partial charge is 0.497 e. The highest BCUT2D eigenvalue weighted by Gasteiger charge is 2.42. The topological polar surface area (TPSA) is 108 Å². The quantitative estimate of drug-likeness (QED) is 0.457. The van der Waals surface area contributed by atoms with Crippen LogP contribution in [0.1, 0.15) is 37.4 Å². The van der Waals surface area contributed by atoms with Gasteiger partial charge in [-0.15, -0.1) is 0 Å². The predicted octanol–water partition coefficient (Wildman–Crippen LogP) is 4.28. The van der Waals surface area contributed by atoms with Crippen molar-refractivity contribution < 1.29 is 33.3 Å². The van der Waals surface area contributed by atoms with E-state index in [-0.39, 0.29) is 25.7 Å². The Morgan fingerprint density at radius 3 is 2.72 bits per heavy atom. The molecule has 1 amide bonds. The molecule has 0 bridgehead atoms. The Morgan fingerprint density at radius 2 is 1.95 bits per heavy atom. The van der Waals surface area contributed by atoms with Gasteiger partial charge < -0.3 is 33.9 Å². The van der Waals surface area contributed by atoms with E-state index >= 15 is 0 Å². The van der Waals surface area contributed by atoms with Gasteiger partial charge >= 0.3 is 5.97 Å². The second kappa shape index (κ2) is 11.3. The highest BCUT2D eigenvalue weighted by atomic mass is 32.2. The summed E-state index contributed by atoms with van der Waals surface area (Å²) in [5.41, 5.74) is 3.21. The van der Waals surface area contributed by atoms with Gasteiger partial charge in [-0.05, 0) is 55.2 Å². The molecule has 2 aromatic rings. The number of methoxy groups -OCH3 is 2. The lowest BCUT2D eigenvalue weighted by molar-refractivity contribution is -0.139. The summed E-state index contributed by atoms with van der Waals surface area (Å²) in [5, 5.41) is 5.52. The molecular weight excluding hydrogens is 522 g/mol. The average Bonchev–Trinajstić information content (AvgIpc) is 3.57. The molecule has 0 saturated heterocycles. The van der Waals surface area contributed by atoms with Crippen LogP contribution < -0.4 is 24.3 Å². The van der Waals surface area contributed by atoms with Crippen molar-refractivity contribution in [2.75, 3.05) is 27.6 Å². The van der Waals surface area contributed by atoms with Gasteiger partial charge in [0.05, 0.1) is 44.6 Å². The molecule has 0 aromatic heterocycles. The van der Waals surface area contributed by atoms with Crippen LogP contribution in [0.3, 0.4) is 0 Å². The SMILES string of the molecule is CCOC(=O)C1=C(C)N=C2SC=C(CC(=O)NCc3ccc4c(c3)OCO4)N2C1c1cc(OC)ccc1OC. The first kappa shape index (κ1) is 26.5. The van der Waals surface area contributed by atoms with E-state index in [9.17, 15) is 9.59 Å². The molecule has 1 N–H and O–H groups in total. The number of ether oxygens (including phenoxy) is 5. The Labute approximate surface area is 230 Å². The van der Waals surface area contributed by atoms with Crippen LogP contribution in [0.5, 0.6) is 23.0 Å². The number of carbonyl (C=O) groups is 2. The summed E-state index contributed by atoms with van der Waals surface area (Å²) in [6.45, 7) is 4.28. The zero-order valence-corrected chi connectivity index (χ0v) is 22.9. The molecule has 10 nitrogen and oxygen atoms in total. The Kier molecular flexibility index (Phi) is 7.69. The Hall–Kier alpha value is -4.12. The number of carbonyl (C=O) groups excluding carboxylic acids is 2. The van der Waals surface area contributed by atoms with Crippen LogP contribution in [0.2, 0.25) is 0 Å². The van der Waals surface area contributed by atoms with Crippen molar-refractivity contribution in [2.45, 2.75) is 32.9 Å². The summed E-state index contributed by atoms with van der Waals surface area (Å²) in [7, 11) is 3.15. The number of benzene rings is 2. The van der Waals surface area contributed by atoms with Crippen LogP contribution in [0.15, 0.2) is 63.8 Å². The summed E-state index contributed by atoms with van der Waals surface area (Å²) >= 11 is 1.40. The van der Waals surface area contributed by atoms with Gasteiger partial charge in [0, 0.05) is 17.8 Å². The monoisotopic (exact) mass is 551 g/mol. The molecule has 1 atom stereocenters. The molecule has 5 rings (SSSR count). The lowest BCUT2D eigenvalue weighted by atomic mass is 9.92. The molecule has 3 heterocycles. The fourth-order valence-electron chi connectivity index (χ4n) is 4.67. The standard InChI is InChI=1S/C28H29N3O7S/c1-5-36-27(33)25-16(2)30-28-31(26(25)20-12-19(34-3)7-9-21(20)35-4)18(14-39-28)11-24(32)29-13-17-6-8-22-23(10-17)38-15-37-22/h6-10,12,14,26H,5,11,13,15H2,1-4H3,(H,29,32). The number of allylic oxidation sites excluding steroid dienone is 1. The first-order chi connectivity index (χ1) is 18.9. The number of hydrogen-bond donors (Lipinski definition) is 1. The summed E-state index contributed by atoms with van der Waals surface area (Å²) in [5.74, 6) is 1.87. The van der Waals surface area contributed by atoms with Gasteiger partial charge in [-0.25, -0.2) is 9.79 Å². The number of hydrogen-bond acceptors (Lipinski definition) is 10. The van der Waals surface area contributed by atoms with E-state index in [0.29, 0.717) is 57.2 Å². The number of rotatable bonds is 9. The molecule has 3 aliphatic heterocycles. The van der Waals surface area contributed by atoms with E-state index in [1.54, 1.807) is 40.2 Å².